The molecule has 0 aliphatic heterocycles. The fourth-order valence-corrected chi connectivity index (χ4v) is 2.45. The van der Waals surface area contributed by atoms with Crippen molar-refractivity contribution in [3.8, 4) is 0 Å². The van der Waals surface area contributed by atoms with Gasteiger partial charge >= 0.3 is 0 Å². The van der Waals surface area contributed by atoms with Crippen LogP contribution in [0.4, 0.5) is 5.69 Å². The minimum Gasteiger partial charge on any atom is -0.326 e. The molecule has 3 heteroatoms. The van der Waals surface area contributed by atoms with Crippen molar-refractivity contribution < 1.29 is 9.59 Å². The number of nitrogens with one attached hydrogen (secondary N) is 1. The molecule has 0 saturated heterocycles. The Bertz CT molecular complexity index is 724. The molecule has 0 unspecified atom stereocenters. The maximum Gasteiger partial charge on any atom is 0.224 e. The number of carbonyl (C=O) groups is 2. The standard InChI is InChI=1S/C21H25NO2/c1-15-7-5-6-8-18(15)22-20(24)14-13-19(23)16-9-11-17(12-10-16)21(2,3)4/h5-12H,13-14H2,1-4H3,(H,22,24). The number of hydrogen-bond donors (Lipinski definition) is 1. The quantitative estimate of drug-likeness (QED) is 0.796. The maximum absolute atomic E-state index is 12.2. The number of ketones is 1. The first-order chi connectivity index (χ1) is 11.3. The Hall–Kier alpha value is -2.42. The summed E-state index contributed by atoms with van der Waals surface area (Å²) in [5, 5.41) is 2.85. The summed E-state index contributed by atoms with van der Waals surface area (Å²) in [6, 6.07) is 15.3. The Balaban J connectivity index is 1.91. The minimum absolute atomic E-state index is 0.00427. The largest absolute Gasteiger partial charge is 0.326 e. The van der Waals surface area contributed by atoms with E-state index in [1.165, 1.54) is 5.56 Å². The summed E-state index contributed by atoms with van der Waals surface area (Å²) in [5.74, 6) is -0.139. The van der Waals surface area contributed by atoms with Gasteiger partial charge in [0.25, 0.3) is 0 Å². The highest BCUT2D eigenvalue weighted by Gasteiger charge is 2.15. The molecule has 24 heavy (non-hydrogen) atoms. The third-order valence-corrected chi connectivity index (χ3v) is 4.07. The lowest BCUT2D eigenvalue weighted by molar-refractivity contribution is -0.116. The van der Waals surface area contributed by atoms with Gasteiger partial charge in [0.1, 0.15) is 0 Å². The number of para-hydroxylation sites is 1. The van der Waals surface area contributed by atoms with Gasteiger partial charge in [-0.3, -0.25) is 9.59 Å². The lowest BCUT2D eigenvalue weighted by Crippen LogP contribution is -2.14. The van der Waals surface area contributed by atoms with Gasteiger partial charge in [0, 0.05) is 24.1 Å². The van der Waals surface area contributed by atoms with Gasteiger partial charge in [0.2, 0.25) is 5.91 Å². The molecule has 0 aromatic heterocycles. The van der Waals surface area contributed by atoms with Crippen LogP contribution in [-0.4, -0.2) is 11.7 Å². The molecule has 0 bridgehead atoms. The van der Waals surface area contributed by atoms with Crippen molar-refractivity contribution in [1.29, 1.82) is 0 Å². The third-order valence-electron chi connectivity index (χ3n) is 4.07. The lowest BCUT2D eigenvalue weighted by atomic mass is 9.86. The van der Waals surface area contributed by atoms with Crippen molar-refractivity contribution in [2.24, 2.45) is 0 Å². The number of amides is 1. The first kappa shape index (κ1) is 17.9. The van der Waals surface area contributed by atoms with Crippen LogP contribution in [0.25, 0.3) is 0 Å². The Labute approximate surface area is 144 Å². The Morgan fingerprint density at radius 3 is 2.12 bits per heavy atom. The van der Waals surface area contributed by atoms with Gasteiger partial charge in [0.05, 0.1) is 0 Å². The number of carbonyl (C=O) groups excluding carboxylic acids is 2. The van der Waals surface area contributed by atoms with Crippen molar-refractivity contribution in [3.05, 3.63) is 65.2 Å². The molecular formula is C21H25NO2. The maximum atomic E-state index is 12.2. The van der Waals surface area contributed by atoms with E-state index in [1.807, 2.05) is 55.5 Å². The Kier molecular flexibility index (Phi) is 5.55. The van der Waals surface area contributed by atoms with Gasteiger partial charge in [0.15, 0.2) is 5.78 Å². The summed E-state index contributed by atoms with van der Waals surface area (Å²) in [6.07, 6.45) is 0.404. The molecule has 2 aromatic carbocycles. The van der Waals surface area contributed by atoms with Crippen LogP contribution in [0.3, 0.4) is 0 Å². The summed E-state index contributed by atoms with van der Waals surface area (Å²) in [7, 11) is 0. The Morgan fingerprint density at radius 2 is 1.54 bits per heavy atom. The number of benzene rings is 2. The predicted octanol–water partition coefficient (Wildman–Crippen LogP) is 4.89. The molecule has 0 fully saturated rings. The molecule has 0 radical (unpaired) electrons. The number of aryl methyl sites for hydroxylation is 1. The molecule has 2 aromatic rings. The fraction of sp³-hybridized carbons (Fsp3) is 0.333. The topological polar surface area (TPSA) is 46.2 Å². The average Bonchev–Trinajstić information content (AvgIpc) is 2.54. The van der Waals surface area contributed by atoms with Gasteiger partial charge in [-0.1, -0.05) is 63.2 Å². The summed E-state index contributed by atoms with van der Waals surface area (Å²) < 4.78 is 0. The van der Waals surface area contributed by atoms with Crippen LogP contribution in [0.5, 0.6) is 0 Å². The second kappa shape index (κ2) is 7.43. The molecule has 0 aliphatic rings. The van der Waals surface area contributed by atoms with Crippen molar-refractivity contribution in [3.63, 3.8) is 0 Å². The second-order valence-electron chi connectivity index (χ2n) is 7.11. The van der Waals surface area contributed by atoms with E-state index in [0.29, 0.717) is 5.56 Å². The summed E-state index contributed by atoms with van der Waals surface area (Å²) in [5.41, 5.74) is 3.72. The van der Waals surface area contributed by atoms with Crippen LogP contribution < -0.4 is 5.32 Å². The van der Waals surface area contributed by atoms with Gasteiger partial charge in [-0.05, 0) is 29.5 Å². The first-order valence-corrected chi connectivity index (χ1v) is 8.26. The zero-order valence-corrected chi connectivity index (χ0v) is 14.8. The van der Waals surface area contributed by atoms with E-state index in [1.54, 1.807) is 0 Å². The lowest BCUT2D eigenvalue weighted by Gasteiger charge is -2.19. The van der Waals surface area contributed by atoms with Crippen LogP contribution in [0.15, 0.2) is 48.5 Å². The third kappa shape index (κ3) is 4.79. The zero-order valence-electron chi connectivity index (χ0n) is 14.8. The van der Waals surface area contributed by atoms with Gasteiger partial charge in [-0.25, -0.2) is 0 Å². The molecule has 0 saturated carbocycles. The van der Waals surface area contributed by atoms with E-state index < -0.39 is 0 Å². The fourth-order valence-electron chi connectivity index (χ4n) is 2.45. The summed E-state index contributed by atoms with van der Waals surface area (Å²) in [6.45, 7) is 8.36. The zero-order chi connectivity index (χ0) is 17.7. The normalized spacial score (nSPS) is 11.2. The minimum atomic E-state index is -0.135. The van der Waals surface area contributed by atoms with Crippen LogP contribution in [0.1, 0.15) is 55.1 Å². The number of anilines is 1. The molecule has 3 nitrogen and oxygen atoms in total. The monoisotopic (exact) mass is 323 g/mol. The number of Topliss-reactive ketones (excluding diaryl/α,β-unsaturated/α-hetero) is 1. The number of hydrogen-bond acceptors (Lipinski definition) is 2. The van der Waals surface area contributed by atoms with Gasteiger partial charge in [-0.15, -0.1) is 0 Å². The second-order valence-corrected chi connectivity index (χ2v) is 7.11. The molecule has 2 rings (SSSR count). The van der Waals surface area contributed by atoms with E-state index in [2.05, 4.69) is 26.1 Å². The predicted molar refractivity (Wildman–Crippen MR) is 98.5 cm³/mol. The van der Waals surface area contributed by atoms with E-state index in [4.69, 9.17) is 0 Å². The molecule has 0 heterocycles. The van der Waals surface area contributed by atoms with E-state index in [-0.39, 0.29) is 29.9 Å². The molecule has 0 aliphatic carbocycles. The highest BCUT2D eigenvalue weighted by atomic mass is 16.2. The van der Waals surface area contributed by atoms with Crippen molar-refractivity contribution in [1.82, 2.24) is 0 Å². The summed E-state index contributed by atoms with van der Waals surface area (Å²) >= 11 is 0. The molecule has 0 atom stereocenters. The van der Waals surface area contributed by atoms with E-state index >= 15 is 0 Å². The van der Waals surface area contributed by atoms with E-state index in [0.717, 1.165) is 11.3 Å². The average molecular weight is 323 g/mol. The molecule has 0 spiro atoms. The van der Waals surface area contributed by atoms with Crippen LogP contribution in [0.2, 0.25) is 0 Å². The van der Waals surface area contributed by atoms with Crippen LogP contribution >= 0.6 is 0 Å². The molecule has 1 amide bonds. The molecule has 126 valence electrons. The molecule has 1 N–H and O–H groups in total. The molecular weight excluding hydrogens is 298 g/mol. The van der Waals surface area contributed by atoms with Crippen molar-refractivity contribution in [2.75, 3.05) is 5.32 Å². The van der Waals surface area contributed by atoms with Gasteiger partial charge in [-0.2, -0.15) is 0 Å². The van der Waals surface area contributed by atoms with Crippen molar-refractivity contribution >= 4 is 17.4 Å². The summed E-state index contributed by atoms with van der Waals surface area (Å²) in [4.78, 5) is 24.3. The Morgan fingerprint density at radius 1 is 0.917 bits per heavy atom. The highest BCUT2D eigenvalue weighted by molar-refractivity contribution is 6.00. The SMILES string of the molecule is Cc1ccccc1NC(=O)CCC(=O)c1ccc(C(C)(C)C)cc1. The first-order valence-electron chi connectivity index (χ1n) is 8.26. The van der Waals surface area contributed by atoms with Crippen LogP contribution in [0, 0.1) is 6.92 Å². The highest BCUT2D eigenvalue weighted by Crippen LogP contribution is 2.22. The van der Waals surface area contributed by atoms with Gasteiger partial charge < -0.3 is 5.32 Å². The smallest absolute Gasteiger partial charge is 0.224 e. The number of rotatable bonds is 5. The van der Waals surface area contributed by atoms with E-state index in [9.17, 15) is 9.59 Å². The van der Waals surface area contributed by atoms with Crippen molar-refractivity contribution in [2.45, 2.75) is 46.0 Å². The van der Waals surface area contributed by atoms with Crippen LogP contribution in [-0.2, 0) is 10.2 Å².